The molecule has 3 heterocycles. The van der Waals surface area contributed by atoms with E-state index in [1.165, 1.54) is 35.0 Å². The Morgan fingerprint density at radius 3 is 2.91 bits per heavy atom. The van der Waals surface area contributed by atoms with Crippen molar-refractivity contribution in [3.8, 4) is 0 Å². The maximum atomic E-state index is 6.23. The molecule has 8 heteroatoms. The smallest absolute Gasteiger partial charge is 0.208 e. The first-order valence-electron chi connectivity index (χ1n) is 7.85. The van der Waals surface area contributed by atoms with Gasteiger partial charge in [-0.2, -0.15) is 0 Å². The molecule has 0 aromatic carbocycles. The monoisotopic (exact) mass is 346 g/mol. The number of thiophene rings is 1. The lowest BCUT2D eigenvalue weighted by Crippen LogP contribution is -2.02. The molecule has 0 atom stereocenters. The summed E-state index contributed by atoms with van der Waals surface area (Å²) in [5.74, 6) is 2.90. The van der Waals surface area contributed by atoms with Crippen LogP contribution in [-0.4, -0.2) is 25.1 Å². The van der Waals surface area contributed by atoms with Crippen molar-refractivity contribution in [2.45, 2.75) is 49.9 Å². The van der Waals surface area contributed by atoms with Crippen LogP contribution >= 0.6 is 23.1 Å². The highest BCUT2D eigenvalue weighted by molar-refractivity contribution is 7.98. The van der Waals surface area contributed by atoms with E-state index in [0.29, 0.717) is 11.6 Å². The number of hydrogen-bond donors (Lipinski definition) is 2. The molecule has 4 rings (SSSR count). The molecular formula is C15H18N6S2. The molecule has 0 saturated carbocycles. The van der Waals surface area contributed by atoms with E-state index in [-0.39, 0.29) is 0 Å². The van der Waals surface area contributed by atoms with Gasteiger partial charge in [0.1, 0.15) is 22.3 Å². The lowest BCUT2D eigenvalue weighted by Gasteiger charge is -2.10. The summed E-state index contributed by atoms with van der Waals surface area (Å²) in [7, 11) is 0. The van der Waals surface area contributed by atoms with Crippen LogP contribution in [0.4, 0.5) is 5.82 Å². The number of nitrogen functional groups attached to an aromatic ring is 1. The van der Waals surface area contributed by atoms with E-state index >= 15 is 0 Å². The van der Waals surface area contributed by atoms with Gasteiger partial charge < -0.3 is 5.73 Å². The number of nitrogens with zero attached hydrogens (tertiary/aromatic N) is 4. The van der Waals surface area contributed by atoms with E-state index in [1.54, 1.807) is 11.3 Å². The molecule has 0 bridgehead atoms. The van der Waals surface area contributed by atoms with Gasteiger partial charge in [0.25, 0.3) is 0 Å². The number of nitrogens with two attached hydrogens (primary N) is 1. The van der Waals surface area contributed by atoms with Crippen LogP contribution in [0.3, 0.4) is 0 Å². The largest absolute Gasteiger partial charge is 0.383 e. The number of thioether (sulfide) groups is 1. The zero-order valence-electron chi connectivity index (χ0n) is 12.9. The summed E-state index contributed by atoms with van der Waals surface area (Å²) in [4.78, 5) is 16.1. The van der Waals surface area contributed by atoms with E-state index < -0.39 is 0 Å². The van der Waals surface area contributed by atoms with Crippen LogP contribution in [-0.2, 0) is 25.0 Å². The maximum absolute atomic E-state index is 6.23. The third kappa shape index (κ3) is 2.81. The summed E-state index contributed by atoms with van der Waals surface area (Å²) in [6.07, 6.45) is 5.61. The van der Waals surface area contributed by atoms with E-state index in [0.717, 1.165) is 46.3 Å². The van der Waals surface area contributed by atoms with Crippen LogP contribution in [0.15, 0.2) is 5.16 Å². The number of anilines is 1. The number of nitrogens with one attached hydrogen (secondary N) is 1. The molecule has 0 unspecified atom stereocenters. The molecular weight excluding hydrogens is 328 g/mol. The van der Waals surface area contributed by atoms with Crippen molar-refractivity contribution >= 4 is 39.1 Å². The van der Waals surface area contributed by atoms with Gasteiger partial charge in [0.15, 0.2) is 0 Å². The lowest BCUT2D eigenvalue weighted by molar-refractivity contribution is 0.700. The highest BCUT2D eigenvalue weighted by atomic mass is 32.2. The van der Waals surface area contributed by atoms with Crippen molar-refractivity contribution < 1.29 is 0 Å². The summed E-state index contributed by atoms with van der Waals surface area (Å²) in [6, 6.07) is 0. The normalized spacial score (nSPS) is 14.3. The van der Waals surface area contributed by atoms with Gasteiger partial charge in [-0.25, -0.2) is 15.0 Å². The summed E-state index contributed by atoms with van der Waals surface area (Å²) in [5, 5.41) is 8.92. The second-order valence-corrected chi connectivity index (χ2v) is 7.65. The van der Waals surface area contributed by atoms with E-state index in [9.17, 15) is 0 Å². The average molecular weight is 346 g/mol. The second-order valence-electron chi connectivity index (χ2n) is 5.62. The number of hydrogen-bond acceptors (Lipinski definition) is 7. The van der Waals surface area contributed by atoms with Crippen molar-refractivity contribution in [3.63, 3.8) is 0 Å². The molecule has 3 N–H and O–H groups in total. The molecule has 6 nitrogen and oxygen atoms in total. The van der Waals surface area contributed by atoms with Crippen LogP contribution in [0.25, 0.3) is 10.2 Å². The van der Waals surface area contributed by atoms with Crippen molar-refractivity contribution in [2.75, 3.05) is 5.73 Å². The molecule has 3 aromatic heterocycles. The van der Waals surface area contributed by atoms with Crippen molar-refractivity contribution in [2.24, 2.45) is 0 Å². The first-order valence-corrected chi connectivity index (χ1v) is 9.65. The Morgan fingerprint density at radius 1 is 1.22 bits per heavy atom. The Labute approximate surface area is 142 Å². The van der Waals surface area contributed by atoms with Gasteiger partial charge in [0.05, 0.1) is 11.1 Å². The Hall–Kier alpha value is -1.67. The van der Waals surface area contributed by atoms with Gasteiger partial charge in [0, 0.05) is 11.3 Å². The molecule has 0 spiro atoms. The Kier molecular flexibility index (Phi) is 3.94. The van der Waals surface area contributed by atoms with Crippen LogP contribution in [0.5, 0.6) is 0 Å². The van der Waals surface area contributed by atoms with E-state index in [2.05, 4.69) is 20.2 Å². The topological polar surface area (TPSA) is 93.4 Å². The molecule has 0 radical (unpaired) electrons. The van der Waals surface area contributed by atoms with Gasteiger partial charge in [-0.3, -0.25) is 5.10 Å². The molecule has 1 aliphatic carbocycles. The predicted octanol–water partition coefficient (Wildman–Crippen LogP) is 3.13. The average Bonchev–Trinajstić information content (AvgIpc) is 3.16. The van der Waals surface area contributed by atoms with Crippen molar-refractivity contribution in [1.29, 1.82) is 0 Å². The summed E-state index contributed by atoms with van der Waals surface area (Å²) < 4.78 is 0. The van der Waals surface area contributed by atoms with Crippen LogP contribution in [0.1, 0.15) is 41.9 Å². The number of fused-ring (bicyclic) bond motifs is 3. The van der Waals surface area contributed by atoms with Gasteiger partial charge in [0.2, 0.25) is 5.16 Å². The number of aryl methyl sites for hydroxylation is 3. The third-order valence-electron chi connectivity index (χ3n) is 4.07. The first-order chi connectivity index (χ1) is 11.2. The van der Waals surface area contributed by atoms with Gasteiger partial charge in [-0.05, 0) is 31.2 Å². The fraction of sp³-hybridized carbons (Fsp3) is 0.467. The quantitative estimate of drug-likeness (QED) is 0.705. The first kappa shape index (κ1) is 14.9. The molecule has 120 valence electrons. The van der Waals surface area contributed by atoms with Crippen LogP contribution < -0.4 is 5.73 Å². The van der Waals surface area contributed by atoms with Crippen LogP contribution in [0, 0.1) is 0 Å². The zero-order chi connectivity index (χ0) is 15.8. The summed E-state index contributed by atoms with van der Waals surface area (Å²) >= 11 is 3.31. The number of aromatic amines is 1. The Balaban J connectivity index is 1.60. The number of rotatable bonds is 4. The molecule has 1 aliphatic rings. The number of aromatic nitrogens is 5. The fourth-order valence-electron chi connectivity index (χ4n) is 2.93. The molecule has 0 saturated heterocycles. The minimum Gasteiger partial charge on any atom is -0.383 e. The van der Waals surface area contributed by atoms with Gasteiger partial charge >= 0.3 is 0 Å². The number of H-pyrrole nitrogens is 1. The SMILES string of the molecule is CCc1nc(SCc2nc(N)c3c4c(sc3n2)CCCC4)n[nH]1. The minimum atomic E-state index is 0.620. The molecule has 0 amide bonds. The van der Waals surface area contributed by atoms with E-state index in [1.807, 2.05) is 6.92 Å². The Bertz CT molecular complexity index is 853. The molecule has 3 aromatic rings. The highest BCUT2D eigenvalue weighted by Crippen LogP contribution is 2.38. The molecule has 23 heavy (non-hydrogen) atoms. The fourth-order valence-corrected chi connectivity index (χ4v) is 4.89. The third-order valence-corrected chi connectivity index (χ3v) is 6.09. The van der Waals surface area contributed by atoms with Gasteiger partial charge in [-0.1, -0.05) is 18.7 Å². The lowest BCUT2D eigenvalue weighted by atomic mass is 9.97. The van der Waals surface area contributed by atoms with Gasteiger partial charge in [-0.15, -0.1) is 16.4 Å². The van der Waals surface area contributed by atoms with Crippen molar-refractivity contribution in [1.82, 2.24) is 25.1 Å². The van der Waals surface area contributed by atoms with Crippen LogP contribution in [0.2, 0.25) is 0 Å². The minimum absolute atomic E-state index is 0.620. The summed E-state index contributed by atoms with van der Waals surface area (Å²) in [5.41, 5.74) is 7.61. The maximum Gasteiger partial charge on any atom is 0.208 e. The Morgan fingerprint density at radius 2 is 2.09 bits per heavy atom. The van der Waals surface area contributed by atoms with E-state index in [4.69, 9.17) is 10.7 Å². The molecule has 0 fully saturated rings. The summed E-state index contributed by atoms with van der Waals surface area (Å²) in [6.45, 7) is 2.05. The second kappa shape index (κ2) is 6.09. The molecule has 0 aliphatic heterocycles. The standard InChI is InChI=1S/C15H18N6S2/c1-2-10-19-15(21-20-10)22-7-11-17-13(16)12-8-5-3-4-6-9(8)23-14(12)18-11/h2-7H2,1H3,(H2,16,17,18)(H,19,20,21). The predicted molar refractivity (Wildman–Crippen MR) is 93.8 cm³/mol. The highest BCUT2D eigenvalue weighted by Gasteiger charge is 2.20. The zero-order valence-corrected chi connectivity index (χ0v) is 14.6. The van der Waals surface area contributed by atoms with Crippen molar-refractivity contribution in [3.05, 3.63) is 22.1 Å².